The van der Waals surface area contributed by atoms with Gasteiger partial charge in [-0.3, -0.25) is 0 Å². The lowest BCUT2D eigenvalue weighted by molar-refractivity contribution is 0.742. The molecule has 0 heterocycles. The maximum Gasteiger partial charge on any atom is 0.123 e. The lowest BCUT2D eigenvalue weighted by Gasteiger charge is -2.26. The summed E-state index contributed by atoms with van der Waals surface area (Å²) in [6.45, 7) is 6.83. The van der Waals surface area contributed by atoms with E-state index >= 15 is 0 Å². The van der Waals surface area contributed by atoms with Gasteiger partial charge in [0.05, 0.1) is 0 Å². The first-order valence-electron chi connectivity index (χ1n) is 6.97. The predicted octanol–water partition coefficient (Wildman–Crippen LogP) is 4.68. The van der Waals surface area contributed by atoms with Crippen molar-refractivity contribution in [2.24, 2.45) is 5.40 Å². The molecule has 0 aliphatic carbocycles. The van der Waals surface area contributed by atoms with E-state index in [2.05, 4.69) is 20.8 Å². The number of hydrogen-bond donors (Lipinski definition) is 1. The smallest absolute Gasteiger partial charge is 0.123 e. The molecule has 0 atom stereocenters. The highest BCUT2D eigenvalue weighted by molar-refractivity contribution is 6.76. The van der Waals surface area contributed by atoms with Crippen molar-refractivity contribution in [3.63, 3.8) is 0 Å². The Morgan fingerprint density at radius 2 is 1.07 bits per heavy atom. The van der Waals surface area contributed by atoms with Crippen LogP contribution in [0.1, 0.15) is 65.7 Å². The predicted molar refractivity (Wildman–Crippen MR) is 73.7 cm³/mol. The number of unbranched alkanes of at least 4 members (excludes halogenated alkanes) is 4. The average molecular weight is 229 g/mol. The fourth-order valence-corrected chi connectivity index (χ4v) is 5.98. The van der Waals surface area contributed by atoms with E-state index in [4.69, 9.17) is 5.40 Å². The first-order valence-corrected chi connectivity index (χ1v) is 9.67. The van der Waals surface area contributed by atoms with Gasteiger partial charge in [0, 0.05) is 0 Å². The van der Waals surface area contributed by atoms with Gasteiger partial charge in [0.15, 0.2) is 0 Å². The number of nitrogens with two attached hydrogens (primary N) is 1. The summed E-state index contributed by atoms with van der Waals surface area (Å²) in [6.07, 6.45) is 9.43. The Bertz CT molecular complexity index is 128. The molecule has 0 fully saturated rings. The fraction of sp³-hybridized carbons (Fsp3) is 1.00. The van der Waals surface area contributed by atoms with Crippen LogP contribution < -0.4 is 5.40 Å². The van der Waals surface area contributed by atoms with Crippen LogP contribution in [0.2, 0.25) is 18.1 Å². The summed E-state index contributed by atoms with van der Waals surface area (Å²) in [6, 6.07) is 4.11. The van der Waals surface area contributed by atoms with Crippen molar-refractivity contribution >= 4 is 8.24 Å². The van der Waals surface area contributed by atoms with Crippen molar-refractivity contribution in [3.05, 3.63) is 0 Å². The SMILES string of the molecule is CCCCC[Si](N)(CCCC)CCCC. The molecular weight excluding hydrogens is 198 g/mol. The molecular formula is C13H31NSi. The molecule has 0 amide bonds. The topological polar surface area (TPSA) is 26.0 Å². The summed E-state index contributed by atoms with van der Waals surface area (Å²) in [7, 11) is -1.33. The Labute approximate surface area is 97.9 Å². The van der Waals surface area contributed by atoms with Gasteiger partial charge in [0.2, 0.25) is 0 Å². The van der Waals surface area contributed by atoms with Gasteiger partial charge in [-0.25, -0.2) is 0 Å². The van der Waals surface area contributed by atoms with Gasteiger partial charge in [0.1, 0.15) is 8.24 Å². The third-order valence-electron chi connectivity index (χ3n) is 3.33. The molecule has 0 saturated carbocycles. The zero-order chi connectivity index (χ0) is 11.6. The van der Waals surface area contributed by atoms with Crippen LogP contribution in [0.3, 0.4) is 0 Å². The lowest BCUT2D eigenvalue weighted by Crippen LogP contribution is -2.45. The van der Waals surface area contributed by atoms with E-state index in [1.165, 1.54) is 63.1 Å². The van der Waals surface area contributed by atoms with Crippen molar-refractivity contribution in [1.29, 1.82) is 0 Å². The zero-order valence-electron chi connectivity index (χ0n) is 11.1. The summed E-state index contributed by atoms with van der Waals surface area (Å²) >= 11 is 0. The van der Waals surface area contributed by atoms with Gasteiger partial charge in [0.25, 0.3) is 0 Å². The minimum absolute atomic E-state index is 1.31. The summed E-state index contributed by atoms with van der Waals surface area (Å²) in [4.78, 5) is 0. The van der Waals surface area contributed by atoms with Crippen LogP contribution in [0.15, 0.2) is 0 Å². The second-order valence-electron chi connectivity index (χ2n) is 5.03. The van der Waals surface area contributed by atoms with Crippen molar-refractivity contribution in [2.75, 3.05) is 0 Å². The Morgan fingerprint density at radius 3 is 1.47 bits per heavy atom. The van der Waals surface area contributed by atoms with Gasteiger partial charge in [-0.2, -0.15) is 0 Å². The maximum absolute atomic E-state index is 6.65. The van der Waals surface area contributed by atoms with Crippen molar-refractivity contribution in [2.45, 2.75) is 83.8 Å². The monoisotopic (exact) mass is 229 g/mol. The second kappa shape index (κ2) is 9.41. The molecule has 0 saturated heterocycles. The van der Waals surface area contributed by atoms with Gasteiger partial charge < -0.3 is 5.40 Å². The van der Waals surface area contributed by atoms with Gasteiger partial charge in [-0.1, -0.05) is 65.7 Å². The van der Waals surface area contributed by atoms with Crippen LogP contribution in [0.25, 0.3) is 0 Å². The molecule has 0 rings (SSSR count). The van der Waals surface area contributed by atoms with Crippen LogP contribution in [-0.2, 0) is 0 Å². The fourth-order valence-electron chi connectivity index (χ4n) is 2.16. The molecule has 15 heavy (non-hydrogen) atoms. The van der Waals surface area contributed by atoms with Crippen molar-refractivity contribution < 1.29 is 0 Å². The average Bonchev–Trinajstić information content (AvgIpc) is 2.24. The molecule has 2 N–H and O–H groups in total. The Kier molecular flexibility index (Phi) is 9.52. The van der Waals surface area contributed by atoms with Crippen molar-refractivity contribution in [1.82, 2.24) is 0 Å². The maximum atomic E-state index is 6.65. The normalized spacial score (nSPS) is 12.0. The number of hydrogen-bond acceptors (Lipinski definition) is 1. The molecule has 0 bridgehead atoms. The number of rotatable bonds is 10. The van der Waals surface area contributed by atoms with E-state index in [1.54, 1.807) is 0 Å². The minimum Gasteiger partial charge on any atom is -0.351 e. The van der Waals surface area contributed by atoms with Crippen LogP contribution in [0.5, 0.6) is 0 Å². The first kappa shape index (κ1) is 15.2. The molecule has 0 aromatic rings. The van der Waals surface area contributed by atoms with Crippen LogP contribution >= 0.6 is 0 Å². The summed E-state index contributed by atoms with van der Waals surface area (Å²) in [5.41, 5.74) is 0. The first-order chi connectivity index (χ1) is 7.18. The molecule has 0 aliphatic heterocycles. The molecule has 2 heteroatoms. The molecule has 0 aliphatic rings. The van der Waals surface area contributed by atoms with E-state index in [1.807, 2.05) is 0 Å². The Morgan fingerprint density at radius 1 is 0.667 bits per heavy atom. The van der Waals surface area contributed by atoms with E-state index in [0.29, 0.717) is 0 Å². The third-order valence-corrected chi connectivity index (χ3v) is 7.38. The molecule has 0 spiro atoms. The van der Waals surface area contributed by atoms with Gasteiger partial charge in [-0.15, -0.1) is 0 Å². The summed E-state index contributed by atoms with van der Waals surface area (Å²) in [5.74, 6) is 0. The Balaban J connectivity index is 3.89. The van der Waals surface area contributed by atoms with Crippen molar-refractivity contribution in [3.8, 4) is 0 Å². The van der Waals surface area contributed by atoms with E-state index in [0.717, 1.165) is 0 Å². The van der Waals surface area contributed by atoms with Crippen LogP contribution in [0, 0.1) is 0 Å². The van der Waals surface area contributed by atoms with E-state index in [-0.39, 0.29) is 0 Å². The zero-order valence-corrected chi connectivity index (χ0v) is 12.1. The molecule has 0 radical (unpaired) electrons. The highest BCUT2D eigenvalue weighted by Crippen LogP contribution is 2.23. The van der Waals surface area contributed by atoms with E-state index in [9.17, 15) is 0 Å². The molecule has 0 unspecified atom stereocenters. The summed E-state index contributed by atoms with van der Waals surface area (Å²) < 4.78 is 0. The second-order valence-corrected chi connectivity index (χ2v) is 9.25. The Hall–Kier alpha value is 0.177. The van der Waals surface area contributed by atoms with Crippen LogP contribution in [0.4, 0.5) is 0 Å². The summed E-state index contributed by atoms with van der Waals surface area (Å²) in [5, 5.41) is 6.65. The van der Waals surface area contributed by atoms with Crippen LogP contribution in [-0.4, -0.2) is 8.24 Å². The molecule has 0 aromatic heterocycles. The molecule has 92 valence electrons. The van der Waals surface area contributed by atoms with Gasteiger partial charge in [-0.05, 0) is 18.1 Å². The highest BCUT2D eigenvalue weighted by atomic mass is 28.3. The largest absolute Gasteiger partial charge is 0.351 e. The molecule has 0 aromatic carbocycles. The lowest BCUT2D eigenvalue weighted by atomic mass is 10.3. The van der Waals surface area contributed by atoms with E-state index < -0.39 is 8.24 Å². The third kappa shape index (κ3) is 8.03. The highest BCUT2D eigenvalue weighted by Gasteiger charge is 2.25. The minimum atomic E-state index is -1.33. The van der Waals surface area contributed by atoms with Gasteiger partial charge >= 0.3 is 0 Å². The quantitative estimate of drug-likeness (QED) is 0.427. The molecule has 1 nitrogen and oxygen atoms in total. The standard InChI is InChI=1S/C13H31NSi/c1-4-7-10-13-15(14,11-8-5-2)12-9-6-3/h4-14H2,1-3H3.